The first-order chi connectivity index (χ1) is 27.1. The number of aromatic hydroxyl groups is 1. The fourth-order valence-corrected chi connectivity index (χ4v) is 6.77. The summed E-state index contributed by atoms with van der Waals surface area (Å²) in [5.41, 5.74) is 8.04. The number of nitrogens with one attached hydrogen (secondary N) is 5. The quantitative estimate of drug-likeness (QED) is 0.0818. The summed E-state index contributed by atoms with van der Waals surface area (Å²) in [6, 6.07) is 9.93. The van der Waals surface area contributed by atoms with Gasteiger partial charge in [-0.3, -0.25) is 24.0 Å². The number of nitrogens with zero attached hydrogens (tertiary/aromatic N) is 2. The molecule has 5 amide bonds. The average molecular weight is 789 g/mol. The number of phenols is 1. The van der Waals surface area contributed by atoms with Gasteiger partial charge in [0.15, 0.2) is 0 Å². The number of carboxylic acid groups (broad SMARTS) is 1. The monoisotopic (exact) mass is 788 g/mol. The summed E-state index contributed by atoms with van der Waals surface area (Å²) in [4.78, 5) is 89.1. The van der Waals surface area contributed by atoms with Crippen LogP contribution < -0.4 is 27.0 Å². The number of hydrogen-bond donors (Lipinski definition) is 8. The maximum atomic E-state index is 14.3. The van der Waals surface area contributed by atoms with Crippen molar-refractivity contribution >= 4 is 35.5 Å². The summed E-state index contributed by atoms with van der Waals surface area (Å²) in [7, 11) is 0. The van der Waals surface area contributed by atoms with Crippen LogP contribution in [-0.4, -0.2) is 104 Å². The summed E-state index contributed by atoms with van der Waals surface area (Å²) in [6.07, 6.45) is 4.31. The van der Waals surface area contributed by atoms with Gasteiger partial charge in [-0.05, 0) is 54.4 Å². The van der Waals surface area contributed by atoms with Crippen molar-refractivity contribution in [2.45, 2.75) is 96.4 Å². The first-order valence-electron chi connectivity index (χ1n) is 19.4. The van der Waals surface area contributed by atoms with E-state index in [2.05, 4.69) is 31.2 Å². The zero-order valence-electron chi connectivity index (χ0n) is 32.9. The minimum Gasteiger partial charge on any atom is -0.508 e. The molecule has 1 saturated heterocycles. The second kappa shape index (κ2) is 20.9. The Morgan fingerprint density at radius 2 is 1.49 bits per heavy atom. The molecule has 57 heavy (non-hydrogen) atoms. The normalized spacial score (nSPS) is 16.6. The van der Waals surface area contributed by atoms with Crippen molar-refractivity contribution in [2.24, 2.45) is 23.5 Å². The van der Waals surface area contributed by atoms with E-state index in [1.165, 1.54) is 29.6 Å². The molecule has 0 bridgehead atoms. The Balaban J connectivity index is 1.50. The molecule has 1 aromatic heterocycles. The van der Waals surface area contributed by atoms with Crippen molar-refractivity contribution in [3.63, 3.8) is 0 Å². The summed E-state index contributed by atoms with van der Waals surface area (Å²) in [6.45, 7) is 7.54. The number of likely N-dealkylation sites (tertiary alicyclic amines) is 1. The van der Waals surface area contributed by atoms with Crippen molar-refractivity contribution < 1.29 is 39.0 Å². The lowest BCUT2D eigenvalue weighted by Gasteiger charge is -2.30. The van der Waals surface area contributed by atoms with E-state index in [9.17, 15) is 39.0 Å². The molecule has 0 unspecified atom stereocenters. The predicted octanol–water partition coefficient (Wildman–Crippen LogP) is 1.44. The van der Waals surface area contributed by atoms with Crippen molar-refractivity contribution in [1.82, 2.24) is 36.1 Å². The molecule has 1 aliphatic heterocycles. The van der Waals surface area contributed by atoms with Gasteiger partial charge in [0.05, 0.1) is 18.3 Å². The number of H-pyrrole nitrogens is 1. The molecular formula is C41H56N8O8. The molecule has 9 N–H and O–H groups in total. The Hall–Kier alpha value is -5.77. The van der Waals surface area contributed by atoms with Gasteiger partial charge in [0.1, 0.15) is 29.9 Å². The Bertz CT molecular complexity index is 1800. The van der Waals surface area contributed by atoms with Gasteiger partial charge in [0, 0.05) is 44.2 Å². The maximum Gasteiger partial charge on any atom is 0.326 e. The van der Waals surface area contributed by atoms with E-state index in [1.807, 2.05) is 19.9 Å². The highest BCUT2D eigenvalue weighted by Crippen LogP contribution is 2.21. The van der Waals surface area contributed by atoms with E-state index in [-0.39, 0.29) is 49.9 Å². The highest BCUT2D eigenvalue weighted by atomic mass is 16.4. The number of carbonyl (C=O) groups excluding carboxylic acids is 5. The van der Waals surface area contributed by atoms with Gasteiger partial charge in [0.25, 0.3) is 0 Å². The van der Waals surface area contributed by atoms with Crippen LogP contribution in [0.15, 0.2) is 67.1 Å². The minimum absolute atomic E-state index is 0.0145. The third kappa shape index (κ3) is 13.2. The molecule has 0 aliphatic carbocycles. The van der Waals surface area contributed by atoms with Crippen molar-refractivity contribution in [1.29, 1.82) is 0 Å². The van der Waals surface area contributed by atoms with Gasteiger partial charge in [-0.15, -0.1) is 0 Å². The van der Waals surface area contributed by atoms with Crippen LogP contribution in [0.2, 0.25) is 0 Å². The van der Waals surface area contributed by atoms with Crippen LogP contribution in [0.25, 0.3) is 0 Å². The molecule has 0 radical (unpaired) electrons. The predicted molar refractivity (Wildman–Crippen MR) is 211 cm³/mol. The van der Waals surface area contributed by atoms with Crippen LogP contribution in [0.1, 0.15) is 63.8 Å². The number of phenolic OH excluding ortho intramolecular Hbond substituents is 1. The molecule has 2 heterocycles. The lowest BCUT2D eigenvalue weighted by molar-refractivity contribution is -0.145. The Labute approximate surface area is 332 Å². The number of rotatable bonds is 20. The maximum absolute atomic E-state index is 14.3. The smallest absolute Gasteiger partial charge is 0.326 e. The highest BCUT2D eigenvalue weighted by molar-refractivity contribution is 5.95. The van der Waals surface area contributed by atoms with Gasteiger partial charge in [-0.2, -0.15) is 0 Å². The number of carboxylic acids is 1. The number of benzene rings is 2. The SMILES string of the molecule is CC(C)C[C@@H](CNC(=O)[C@H](Cc1ccc(O)cc1)NC(=O)[C@@H](N)C(C)C)C(=O)N[C@@H](Cc1cnc[nH]1)C(=O)N1CCC[C@H]1C(=O)N[C@@H](Cc1ccccc1)C(=O)O. The molecule has 6 atom stereocenters. The van der Waals surface area contributed by atoms with Crippen LogP contribution in [0.3, 0.4) is 0 Å². The van der Waals surface area contributed by atoms with Gasteiger partial charge in [0.2, 0.25) is 29.5 Å². The van der Waals surface area contributed by atoms with Crippen LogP contribution in [0, 0.1) is 17.8 Å². The van der Waals surface area contributed by atoms with E-state index in [1.54, 1.807) is 50.2 Å². The Morgan fingerprint density at radius 3 is 2.11 bits per heavy atom. The summed E-state index contributed by atoms with van der Waals surface area (Å²) in [5.74, 6) is -4.80. The number of aromatic amines is 1. The lowest BCUT2D eigenvalue weighted by Crippen LogP contribution is -2.57. The van der Waals surface area contributed by atoms with Crippen molar-refractivity contribution in [3.05, 3.63) is 83.9 Å². The van der Waals surface area contributed by atoms with E-state index < -0.39 is 71.6 Å². The molecule has 4 rings (SSSR count). The summed E-state index contributed by atoms with van der Waals surface area (Å²) >= 11 is 0. The second-order valence-electron chi connectivity index (χ2n) is 15.4. The molecule has 0 saturated carbocycles. The molecule has 1 aliphatic rings. The zero-order chi connectivity index (χ0) is 41.6. The van der Waals surface area contributed by atoms with E-state index in [0.717, 1.165) is 5.56 Å². The number of hydrogen-bond acceptors (Lipinski definition) is 9. The van der Waals surface area contributed by atoms with E-state index in [4.69, 9.17) is 5.73 Å². The third-order valence-electron chi connectivity index (χ3n) is 10.0. The third-order valence-corrected chi connectivity index (χ3v) is 10.0. The van der Waals surface area contributed by atoms with E-state index in [0.29, 0.717) is 30.5 Å². The van der Waals surface area contributed by atoms with Gasteiger partial charge < -0.3 is 47.1 Å². The molecule has 1 fully saturated rings. The molecule has 3 aromatic rings. The van der Waals surface area contributed by atoms with Gasteiger partial charge in [-0.1, -0.05) is 70.2 Å². The van der Waals surface area contributed by atoms with Crippen LogP contribution in [0.4, 0.5) is 0 Å². The second-order valence-corrected chi connectivity index (χ2v) is 15.4. The molecule has 2 aromatic carbocycles. The Kier molecular flexibility index (Phi) is 16.2. The van der Waals surface area contributed by atoms with E-state index >= 15 is 0 Å². The molecule has 0 spiro atoms. The number of imidazole rings is 1. The fourth-order valence-electron chi connectivity index (χ4n) is 6.77. The lowest BCUT2D eigenvalue weighted by atomic mass is 9.95. The summed E-state index contributed by atoms with van der Waals surface area (Å²) < 4.78 is 0. The first-order valence-corrected chi connectivity index (χ1v) is 19.4. The largest absolute Gasteiger partial charge is 0.508 e. The van der Waals surface area contributed by atoms with Crippen molar-refractivity contribution in [3.8, 4) is 5.75 Å². The van der Waals surface area contributed by atoms with Crippen molar-refractivity contribution in [2.75, 3.05) is 13.1 Å². The van der Waals surface area contributed by atoms with Gasteiger partial charge in [-0.25, -0.2) is 9.78 Å². The van der Waals surface area contributed by atoms with Crippen LogP contribution in [0.5, 0.6) is 5.75 Å². The molecule has 308 valence electrons. The van der Waals surface area contributed by atoms with Gasteiger partial charge >= 0.3 is 5.97 Å². The fraction of sp³-hybridized carbons (Fsp3) is 0.488. The Morgan fingerprint density at radius 1 is 0.842 bits per heavy atom. The number of aliphatic carboxylic acids is 1. The number of carbonyl (C=O) groups is 6. The number of aromatic nitrogens is 2. The topological polar surface area (TPSA) is 249 Å². The highest BCUT2D eigenvalue weighted by Gasteiger charge is 2.40. The first kappa shape index (κ1) is 44.0. The zero-order valence-corrected chi connectivity index (χ0v) is 32.9. The standard InChI is InChI=1S/C41H56N8O8/c1-24(2)17-28(21-44-37(52)31(46-39(54)35(42)25(3)4)18-27-12-14-30(50)15-13-27)36(51)47-32(20-29-22-43-23-45-29)40(55)49-16-8-11-34(49)38(53)48-33(41(56)57)19-26-9-6-5-7-10-26/h5-7,9-10,12-15,22-25,28,31-35,50H,8,11,16-21,42H2,1-4H3,(H,43,45)(H,44,52)(H,46,54)(H,47,51)(H,48,53)(H,56,57)/t28-,31-,32-,33-,34-,35-/m0/s1. The van der Waals surface area contributed by atoms with Crippen LogP contribution >= 0.6 is 0 Å². The summed E-state index contributed by atoms with van der Waals surface area (Å²) in [5, 5.41) is 30.7. The minimum atomic E-state index is -1.22. The molecule has 16 heteroatoms. The van der Waals surface area contributed by atoms with Crippen LogP contribution in [-0.2, 0) is 48.0 Å². The molecular weight excluding hydrogens is 732 g/mol. The molecule has 16 nitrogen and oxygen atoms in total. The average Bonchev–Trinajstić information content (AvgIpc) is 3.89. The number of amides is 5. The number of nitrogens with two attached hydrogens (primary N) is 1.